The third kappa shape index (κ3) is 2.72. The van der Waals surface area contributed by atoms with Gasteiger partial charge >= 0.3 is 5.97 Å². The van der Waals surface area contributed by atoms with Crippen molar-refractivity contribution in [3.63, 3.8) is 0 Å². The number of carboxylic acid groups (broad SMARTS) is 1. The number of nitrogens with one attached hydrogen (secondary N) is 1. The number of carbonyl (C=O) groups is 1. The van der Waals surface area contributed by atoms with Crippen molar-refractivity contribution in [1.29, 1.82) is 0 Å². The van der Waals surface area contributed by atoms with Gasteiger partial charge in [0.25, 0.3) is 10.0 Å². The Kier molecular flexibility index (Phi) is 3.31. The number of hydrogen-bond acceptors (Lipinski definition) is 5. The molecule has 3 rings (SSSR count). The number of sulfonamides is 1. The molecule has 2 heterocycles. The van der Waals surface area contributed by atoms with Gasteiger partial charge in [0.2, 0.25) is 10.9 Å². The monoisotopic (exact) mass is 300 g/mol. The molecule has 0 radical (unpaired) electrons. The third-order valence-electron chi connectivity index (χ3n) is 3.66. The molecule has 2 fully saturated rings. The molecular formula is C12H16N2O5S. The summed E-state index contributed by atoms with van der Waals surface area (Å²) in [6, 6.07) is 2.78. The van der Waals surface area contributed by atoms with Crippen LogP contribution in [-0.2, 0) is 10.0 Å². The molecule has 1 atom stereocenters. The first kappa shape index (κ1) is 13.6. The van der Waals surface area contributed by atoms with Gasteiger partial charge in [0.1, 0.15) is 0 Å². The molecule has 1 aromatic heterocycles. The molecule has 1 saturated carbocycles. The van der Waals surface area contributed by atoms with Gasteiger partial charge in [-0.25, -0.2) is 17.9 Å². The highest BCUT2D eigenvalue weighted by Gasteiger charge is 2.36. The van der Waals surface area contributed by atoms with Crippen LogP contribution in [0.3, 0.4) is 0 Å². The van der Waals surface area contributed by atoms with Crippen molar-refractivity contribution in [3.05, 3.63) is 17.9 Å². The van der Waals surface area contributed by atoms with Crippen LogP contribution in [0.4, 0.5) is 0 Å². The third-order valence-corrected chi connectivity index (χ3v) is 5.05. The van der Waals surface area contributed by atoms with Crippen LogP contribution in [0.25, 0.3) is 0 Å². The van der Waals surface area contributed by atoms with Gasteiger partial charge in [0.05, 0.1) is 0 Å². The Hall–Kier alpha value is -1.38. The number of aromatic carboxylic acids is 1. The molecule has 0 spiro atoms. The van der Waals surface area contributed by atoms with Crippen molar-refractivity contribution in [2.45, 2.75) is 36.4 Å². The van der Waals surface area contributed by atoms with Crippen molar-refractivity contribution in [1.82, 2.24) is 9.62 Å². The maximum Gasteiger partial charge on any atom is 0.371 e. The molecule has 7 nitrogen and oxygen atoms in total. The van der Waals surface area contributed by atoms with Crippen LogP contribution in [0.1, 0.15) is 29.8 Å². The lowest BCUT2D eigenvalue weighted by molar-refractivity contribution is 0.0656. The summed E-state index contributed by atoms with van der Waals surface area (Å²) in [7, 11) is -3.79. The van der Waals surface area contributed by atoms with Crippen molar-refractivity contribution in [2.75, 3.05) is 13.1 Å². The SMILES string of the molecule is O=C(O)c1ccc(S(=O)(=O)NC2CCN(C3CC3)C2)o1. The maximum atomic E-state index is 12.1. The van der Waals surface area contributed by atoms with E-state index in [0.717, 1.165) is 19.0 Å². The van der Waals surface area contributed by atoms with E-state index in [-0.39, 0.29) is 16.9 Å². The summed E-state index contributed by atoms with van der Waals surface area (Å²) in [6.45, 7) is 1.60. The lowest BCUT2D eigenvalue weighted by Gasteiger charge is -2.15. The largest absolute Gasteiger partial charge is 0.475 e. The standard InChI is InChI=1S/C12H16N2O5S/c15-12(16)10-3-4-11(19-10)20(17,18)13-8-5-6-14(7-8)9-1-2-9/h3-4,8-9,13H,1-2,5-7H2,(H,15,16). The first-order valence-electron chi connectivity index (χ1n) is 6.55. The van der Waals surface area contributed by atoms with Gasteiger partial charge < -0.3 is 9.52 Å². The van der Waals surface area contributed by atoms with E-state index in [9.17, 15) is 13.2 Å². The Labute approximate surface area is 116 Å². The second-order valence-electron chi connectivity index (χ2n) is 5.26. The summed E-state index contributed by atoms with van der Waals surface area (Å²) < 4.78 is 31.6. The fourth-order valence-electron chi connectivity index (χ4n) is 2.51. The molecule has 0 bridgehead atoms. The minimum Gasteiger partial charge on any atom is -0.475 e. The zero-order chi connectivity index (χ0) is 14.3. The zero-order valence-corrected chi connectivity index (χ0v) is 11.6. The van der Waals surface area contributed by atoms with Crippen molar-refractivity contribution in [3.8, 4) is 0 Å². The van der Waals surface area contributed by atoms with E-state index >= 15 is 0 Å². The Morgan fingerprint density at radius 2 is 2.10 bits per heavy atom. The van der Waals surface area contributed by atoms with Crippen molar-refractivity contribution >= 4 is 16.0 Å². The lowest BCUT2D eigenvalue weighted by atomic mass is 10.3. The number of nitrogens with zero attached hydrogens (tertiary/aromatic N) is 1. The molecule has 20 heavy (non-hydrogen) atoms. The molecule has 0 amide bonds. The quantitative estimate of drug-likeness (QED) is 0.821. The molecule has 1 unspecified atom stereocenters. The minimum absolute atomic E-state index is 0.140. The van der Waals surface area contributed by atoms with Crippen LogP contribution < -0.4 is 4.72 Å². The molecule has 110 valence electrons. The summed E-state index contributed by atoms with van der Waals surface area (Å²) in [5.41, 5.74) is 0. The fraction of sp³-hybridized carbons (Fsp3) is 0.583. The van der Waals surface area contributed by atoms with Crippen LogP contribution in [0.15, 0.2) is 21.6 Å². The van der Waals surface area contributed by atoms with E-state index in [4.69, 9.17) is 9.52 Å². The van der Waals surface area contributed by atoms with Crippen LogP contribution in [-0.4, -0.2) is 49.6 Å². The molecule has 1 aliphatic heterocycles. The van der Waals surface area contributed by atoms with E-state index in [1.807, 2.05) is 0 Å². The van der Waals surface area contributed by atoms with Crippen molar-refractivity contribution < 1.29 is 22.7 Å². The maximum absolute atomic E-state index is 12.1. The van der Waals surface area contributed by atoms with Gasteiger partial charge in [-0.15, -0.1) is 0 Å². The first-order valence-corrected chi connectivity index (χ1v) is 8.03. The van der Waals surface area contributed by atoms with Crippen molar-refractivity contribution in [2.24, 2.45) is 0 Å². The average Bonchev–Trinajstić information content (AvgIpc) is 2.91. The first-order chi connectivity index (χ1) is 9.45. The van der Waals surface area contributed by atoms with Gasteiger partial charge in [0, 0.05) is 25.2 Å². The summed E-state index contributed by atoms with van der Waals surface area (Å²) in [6.07, 6.45) is 3.15. The highest BCUT2D eigenvalue weighted by Crippen LogP contribution is 2.30. The summed E-state index contributed by atoms with van der Waals surface area (Å²) in [5, 5.41) is 8.39. The van der Waals surface area contributed by atoms with E-state index in [1.165, 1.54) is 18.9 Å². The highest BCUT2D eigenvalue weighted by molar-refractivity contribution is 7.89. The number of rotatable bonds is 5. The van der Waals surface area contributed by atoms with E-state index in [0.29, 0.717) is 12.6 Å². The Morgan fingerprint density at radius 3 is 2.70 bits per heavy atom. The van der Waals surface area contributed by atoms with Gasteiger partial charge in [-0.3, -0.25) is 4.90 Å². The van der Waals surface area contributed by atoms with Gasteiger partial charge in [0.15, 0.2) is 0 Å². The number of likely N-dealkylation sites (tertiary alicyclic amines) is 1. The minimum atomic E-state index is -3.79. The average molecular weight is 300 g/mol. The number of hydrogen-bond donors (Lipinski definition) is 2. The molecular weight excluding hydrogens is 284 g/mol. The topological polar surface area (TPSA) is 99.8 Å². The van der Waals surface area contributed by atoms with Gasteiger partial charge in [-0.1, -0.05) is 0 Å². The molecule has 2 aliphatic rings. The second-order valence-corrected chi connectivity index (χ2v) is 6.90. The molecule has 0 aromatic carbocycles. The highest BCUT2D eigenvalue weighted by atomic mass is 32.2. The Morgan fingerprint density at radius 1 is 1.35 bits per heavy atom. The normalized spacial score (nSPS) is 24.1. The van der Waals surface area contributed by atoms with E-state index in [2.05, 4.69) is 9.62 Å². The Bertz CT molecular complexity index is 620. The lowest BCUT2D eigenvalue weighted by Crippen LogP contribution is -2.37. The van der Waals surface area contributed by atoms with Crippen LogP contribution in [0.2, 0.25) is 0 Å². The van der Waals surface area contributed by atoms with Crippen LogP contribution in [0, 0.1) is 0 Å². The smallest absolute Gasteiger partial charge is 0.371 e. The van der Waals surface area contributed by atoms with Crippen LogP contribution in [0.5, 0.6) is 0 Å². The molecule has 1 aliphatic carbocycles. The molecule has 2 N–H and O–H groups in total. The Balaban J connectivity index is 1.67. The van der Waals surface area contributed by atoms with E-state index in [1.54, 1.807) is 0 Å². The number of furan rings is 1. The number of carboxylic acids is 1. The molecule has 1 saturated heterocycles. The summed E-state index contributed by atoms with van der Waals surface area (Å²) in [4.78, 5) is 13.0. The van der Waals surface area contributed by atoms with E-state index < -0.39 is 16.0 Å². The second kappa shape index (κ2) is 4.87. The van der Waals surface area contributed by atoms with Gasteiger partial charge in [-0.05, 0) is 31.4 Å². The summed E-state index contributed by atoms with van der Waals surface area (Å²) in [5.74, 6) is -1.66. The fourth-order valence-corrected chi connectivity index (χ4v) is 3.71. The predicted octanol–water partition coefficient (Wildman–Crippen LogP) is 0.493. The van der Waals surface area contributed by atoms with Crippen LogP contribution >= 0.6 is 0 Å². The zero-order valence-electron chi connectivity index (χ0n) is 10.8. The molecule has 1 aromatic rings. The summed E-state index contributed by atoms with van der Waals surface area (Å²) >= 11 is 0. The van der Waals surface area contributed by atoms with Gasteiger partial charge in [-0.2, -0.15) is 0 Å². The predicted molar refractivity (Wildman–Crippen MR) is 69.0 cm³/mol. The molecule has 8 heteroatoms.